The fourth-order valence-electron chi connectivity index (χ4n) is 3.07. The monoisotopic (exact) mass is 500 g/mol. The zero-order chi connectivity index (χ0) is 26.1. The summed E-state index contributed by atoms with van der Waals surface area (Å²) in [6, 6.07) is 2.73. The van der Waals surface area contributed by atoms with Gasteiger partial charge in [0, 0.05) is 6.54 Å². The number of rotatable bonds is 6. The second-order valence-electron chi connectivity index (χ2n) is 7.83. The summed E-state index contributed by atoms with van der Waals surface area (Å²) in [6.45, 7) is 2.82. The van der Waals surface area contributed by atoms with Gasteiger partial charge in [0.1, 0.15) is 0 Å². The summed E-state index contributed by atoms with van der Waals surface area (Å²) in [5.41, 5.74) is -7.00. The number of nitrogens with one attached hydrogen (secondary N) is 2. The van der Waals surface area contributed by atoms with Crippen LogP contribution in [0.4, 0.5) is 39.5 Å². The van der Waals surface area contributed by atoms with Crippen LogP contribution in [0.3, 0.4) is 0 Å². The van der Waals surface area contributed by atoms with Crippen molar-refractivity contribution in [1.29, 1.82) is 0 Å². The Morgan fingerprint density at radius 3 is 1.53 bits per heavy atom. The largest absolute Gasteiger partial charge is 0.416 e. The summed E-state index contributed by atoms with van der Waals surface area (Å²) < 4.78 is 119. The van der Waals surface area contributed by atoms with Crippen LogP contribution in [0.5, 0.6) is 0 Å². The van der Waals surface area contributed by atoms with E-state index in [2.05, 4.69) is 10.6 Å². The van der Waals surface area contributed by atoms with E-state index in [1.54, 1.807) is 13.8 Å². The average Bonchev–Trinajstić information content (AvgIpc) is 2.74. The molecule has 0 saturated heterocycles. The highest BCUT2D eigenvalue weighted by Gasteiger charge is 2.37. The van der Waals surface area contributed by atoms with Crippen LogP contribution in [-0.2, 0) is 29.9 Å². The Labute approximate surface area is 189 Å². The minimum atomic E-state index is -5.16. The zero-order valence-electron chi connectivity index (χ0n) is 18.2. The number of carbonyl (C=O) groups is 1. The van der Waals surface area contributed by atoms with Crippen molar-refractivity contribution in [3.63, 3.8) is 0 Å². The molecule has 0 aliphatic rings. The SMILES string of the molecule is CCC(C)(NC)C(=O)NCc1cc(-c2cc(C(F)(F)F)cc(C(F)(F)F)c2)cc(C(F)(F)F)c1. The third kappa shape index (κ3) is 6.43. The molecule has 188 valence electrons. The van der Waals surface area contributed by atoms with Gasteiger partial charge >= 0.3 is 18.5 Å². The maximum Gasteiger partial charge on any atom is 0.416 e. The third-order valence-electron chi connectivity index (χ3n) is 5.45. The standard InChI is InChI=1S/C22H21F9N2O/c1-4-19(2,32-3)18(34)33-11-12-5-13(7-15(6-12)20(23,24)25)14-8-16(21(26,27)28)10-17(9-14)22(29,30)31/h5-10,32H,4,11H2,1-3H3,(H,33,34). The normalized spacial score (nSPS) is 14.6. The maximum atomic E-state index is 13.4. The predicted molar refractivity (Wildman–Crippen MR) is 106 cm³/mol. The first kappa shape index (κ1) is 27.5. The van der Waals surface area contributed by atoms with Gasteiger partial charge in [-0.2, -0.15) is 39.5 Å². The Hall–Kier alpha value is -2.76. The van der Waals surface area contributed by atoms with E-state index in [1.807, 2.05) is 0 Å². The van der Waals surface area contributed by atoms with E-state index < -0.39 is 64.3 Å². The quantitative estimate of drug-likeness (QED) is 0.450. The van der Waals surface area contributed by atoms with Gasteiger partial charge in [0.05, 0.1) is 22.2 Å². The number of alkyl halides is 9. The molecular formula is C22H21F9N2O. The summed E-state index contributed by atoms with van der Waals surface area (Å²) in [5, 5.41) is 5.21. The molecule has 1 amide bonds. The minimum Gasteiger partial charge on any atom is -0.350 e. The smallest absolute Gasteiger partial charge is 0.350 e. The summed E-state index contributed by atoms with van der Waals surface area (Å²) in [4.78, 5) is 12.4. The number of benzene rings is 2. The molecule has 34 heavy (non-hydrogen) atoms. The molecule has 2 aromatic carbocycles. The first-order valence-electron chi connectivity index (χ1n) is 9.89. The van der Waals surface area contributed by atoms with Crippen molar-refractivity contribution in [2.24, 2.45) is 0 Å². The molecule has 1 unspecified atom stereocenters. The Morgan fingerprint density at radius 1 is 0.735 bits per heavy atom. The Balaban J connectivity index is 2.61. The molecule has 0 radical (unpaired) electrons. The highest BCUT2D eigenvalue weighted by atomic mass is 19.4. The molecule has 0 spiro atoms. The van der Waals surface area contributed by atoms with Crippen LogP contribution in [-0.4, -0.2) is 18.5 Å². The van der Waals surface area contributed by atoms with E-state index in [9.17, 15) is 44.3 Å². The van der Waals surface area contributed by atoms with E-state index >= 15 is 0 Å². The molecule has 2 aromatic rings. The van der Waals surface area contributed by atoms with Gasteiger partial charge in [0.2, 0.25) is 5.91 Å². The Kier molecular flexibility index (Phi) is 7.66. The Morgan fingerprint density at radius 2 is 1.15 bits per heavy atom. The lowest BCUT2D eigenvalue weighted by molar-refractivity contribution is -0.143. The molecule has 3 nitrogen and oxygen atoms in total. The van der Waals surface area contributed by atoms with Crippen LogP contribution in [0.15, 0.2) is 36.4 Å². The molecule has 2 rings (SSSR count). The third-order valence-corrected chi connectivity index (χ3v) is 5.45. The minimum absolute atomic E-state index is 0.110. The van der Waals surface area contributed by atoms with E-state index in [0.29, 0.717) is 30.7 Å². The average molecular weight is 500 g/mol. The van der Waals surface area contributed by atoms with Gasteiger partial charge in [0.25, 0.3) is 0 Å². The summed E-state index contributed by atoms with van der Waals surface area (Å²) in [5.74, 6) is -0.546. The number of hydrogen-bond donors (Lipinski definition) is 2. The topological polar surface area (TPSA) is 41.1 Å². The van der Waals surface area contributed by atoms with Crippen LogP contribution in [0.25, 0.3) is 11.1 Å². The second kappa shape index (κ2) is 9.47. The van der Waals surface area contributed by atoms with Crippen molar-refractivity contribution in [2.75, 3.05) is 7.05 Å². The fraction of sp³-hybridized carbons (Fsp3) is 0.409. The van der Waals surface area contributed by atoms with Crippen molar-refractivity contribution in [2.45, 2.75) is 50.9 Å². The number of halogens is 9. The molecule has 0 aliphatic heterocycles. The molecule has 0 bridgehead atoms. The Bertz CT molecular complexity index is 1000. The molecule has 0 saturated carbocycles. The molecular weight excluding hydrogens is 479 g/mol. The van der Waals surface area contributed by atoms with Gasteiger partial charge in [-0.05, 0) is 73.5 Å². The first-order valence-corrected chi connectivity index (χ1v) is 9.89. The van der Waals surface area contributed by atoms with Crippen LogP contribution < -0.4 is 10.6 Å². The van der Waals surface area contributed by atoms with E-state index in [1.165, 1.54) is 7.05 Å². The lowest BCUT2D eigenvalue weighted by Crippen LogP contribution is -2.52. The van der Waals surface area contributed by atoms with Crippen LogP contribution >= 0.6 is 0 Å². The van der Waals surface area contributed by atoms with Crippen LogP contribution in [0.2, 0.25) is 0 Å². The molecule has 1 atom stereocenters. The lowest BCUT2D eigenvalue weighted by atomic mass is 9.95. The molecule has 12 heteroatoms. The lowest BCUT2D eigenvalue weighted by Gasteiger charge is -2.26. The molecule has 0 heterocycles. The van der Waals surface area contributed by atoms with E-state index in [4.69, 9.17) is 0 Å². The number of likely N-dealkylation sites (N-methyl/N-ethyl adjacent to an activating group) is 1. The highest BCUT2D eigenvalue weighted by Crippen LogP contribution is 2.40. The predicted octanol–water partition coefficient (Wildman–Crippen LogP) is 6.41. The highest BCUT2D eigenvalue weighted by molar-refractivity contribution is 5.85. The maximum absolute atomic E-state index is 13.4. The van der Waals surface area contributed by atoms with Gasteiger partial charge in [-0.3, -0.25) is 4.79 Å². The molecule has 2 N–H and O–H groups in total. The fourth-order valence-corrected chi connectivity index (χ4v) is 3.07. The summed E-state index contributed by atoms with van der Waals surface area (Å²) >= 11 is 0. The van der Waals surface area contributed by atoms with Crippen molar-refractivity contribution in [3.05, 3.63) is 58.7 Å². The van der Waals surface area contributed by atoms with Crippen LogP contribution in [0, 0.1) is 0 Å². The van der Waals surface area contributed by atoms with E-state index in [-0.39, 0.29) is 11.6 Å². The van der Waals surface area contributed by atoms with Gasteiger partial charge in [-0.25, -0.2) is 0 Å². The first-order chi connectivity index (χ1) is 15.4. The van der Waals surface area contributed by atoms with Gasteiger partial charge in [-0.15, -0.1) is 0 Å². The summed E-state index contributed by atoms with van der Waals surface area (Å²) in [7, 11) is 1.51. The second-order valence-corrected chi connectivity index (χ2v) is 7.83. The number of carbonyl (C=O) groups excluding carboxylic acids is 1. The van der Waals surface area contributed by atoms with Gasteiger partial charge < -0.3 is 10.6 Å². The van der Waals surface area contributed by atoms with Crippen LogP contribution in [0.1, 0.15) is 42.5 Å². The van der Waals surface area contributed by atoms with Gasteiger partial charge in [0.15, 0.2) is 0 Å². The zero-order valence-corrected chi connectivity index (χ0v) is 18.2. The van der Waals surface area contributed by atoms with Crippen molar-refractivity contribution < 1.29 is 44.3 Å². The molecule has 0 aliphatic carbocycles. The number of hydrogen-bond acceptors (Lipinski definition) is 2. The van der Waals surface area contributed by atoms with Crippen molar-refractivity contribution in [1.82, 2.24) is 10.6 Å². The molecule has 0 fully saturated rings. The molecule has 0 aromatic heterocycles. The van der Waals surface area contributed by atoms with Crippen molar-refractivity contribution in [3.8, 4) is 11.1 Å². The van der Waals surface area contributed by atoms with E-state index in [0.717, 1.165) is 6.07 Å². The van der Waals surface area contributed by atoms with Crippen molar-refractivity contribution >= 4 is 5.91 Å². The summed E-state index contributed by atoms with van der Waals surface area (Å²) in [6.07, 6.45) is -14.9. The van der Waals surface area contributed by atoms with Gasteiger partial charge in [-0.1, -0.05) is 6.92 Å². The number of amides is 1.